The molecule has 0 saturated heterocycles. The molecule has 1 amide bonds. The number of nitrogens with zero attached hydrogens (tertiary/aromatic N) is 2. The number of pyridine rings is 1. The van der Waals surface area contributed by atoms with Crippen LogP contribution in [0.4, 0.5) is 5.69 Å². The number of carbonyl (C=O) groups excluding carboxylic acids is 1. The normalized spacial score (nSPS) is 11.1. The highest BCUT2D eigenvalue weighted by atomic mass is 16.5. The van der Waals surface area contributed by atoms with Gasteiger partial charge in [-0.05, 0) is 55.3 Å². The second-order valence-electron chi connectivity index (χ2n) is 6.62. The molecule has 28 heavy (non-hydrogen) atoms. The summed E-state index contributed by atoms with van der Waals surface area (Å²) in [5.74, 6) is 0.846. The summed E-state index contributed by atoms with van der Waals surface area (Å²) in [5, 5.41) is 1.77. The smallest absolute Gasteiger partial charge is 0.294 e. The van der Waals surface area contributed by atoms with E-state index >= 15 is 0 Å². The second-order valence-corrected chi connectivity index (χ2v) is 6.62. The SMILES string of the molecule is CCc1cccc(N(CC)C(=O)c2cc3cc4ccc(OC)cc4nc3o2)c1. The highest BCUT2D eigenvalue weighted by Crippen LogP contribution is 2.27. The number of aromatic nitrogens is 1. The van der Waals surface area contributed by atoms with Crippen LogP contribution in [0.25, 0.3) is 22.0 Å². The number of rotatable bonds is 5. The lowest BCUT2D eigenvalue weighted by Gasteiger charge is -2.20. The third kappa shape index (κ3) is 3.20. The van der Waals surface area contributed by atoms with Gasteiger partial charge in [0.2, 0.25) is 5.71 Å². The second kappa shape index (κ2) is 7.35. The Kier molecular flexibility index (Phi) is 4.74. The topological polar surface area (TPSA) is 55.6 Å². The molecule has 0 aliphatic rings. The molecule has 0 bridgehead atoms. The Morgan fingerprint density at radius 2 is 1.93 bits per heavy atom. The Morgan fingerprint density at radius 1 is 1.07 bits per heavy atom. The number of hydrogen-bond donors (Lipinski definition) is 0. The number of methoxy groups -OCH3 is 1. The predicted molar refractivity (Wildman–Crippen MR) is 111 cm³/mol. The zero-order valence-corrected chi connectivity index (χ0v) is 16.2. The summed E-state index contributed by atoms with van der Waals surface area (Å²) < 4.78 is 11.1. The lowest BCUT2D eigenvalue weighted by atomic mass is 10.1. The predicted octanol–water partition coefficient (Wildman–Crippen LogP) is 5.22. The molecule has 2 aromatic carbocycles. The minimum Gasteiger partial charge on any atom is -0.497 e. The van der Waals surface area contributed by atoms with Crippen molar-refractivity contribution in [2.45, 2.75) is 20.3 Å². The molecule has 0 spiro atoms. The Hall–Kier alpha value is -3.34. The van der Waals surface area contributed by atoms with Gasteiger partial charge in [0.05, 0.1) is 12.6 Å². The Bertz CT molecular complexity index is 1160. The van der Waals surface area contributed by atoms with Crippen LogP contribution in [0.5, 0.6) is 5.75 Å². The van der Waals surface area contributed by atoms with E-state index in [1.807, 2.05) is 49.4 Å². The number of aryl methyl sites for hydroxylation is 1. The standard InChI is InChI=1S/C23H22N2O3/c1-4-15-7-6-8-18(11-15)25(5-2)23(26)21-13-17-12-16-9-10-19(27-3)14-20(16)24-22(17)28-21/h6-14H,4-5H2,1-3H3. The van der Waals surface area contributed by atoms with Crippen molar-refractivity contribution in [2.75, 3.05) is 18.6 Å². The molecule has 5 heteroatoms. The van der Waals surface area contributed by atoms with Gasteiger partial charge in [0.1, 0.15) is 5.75 Å². The third-order valence-corrected chi connectivity index (χ3v) is 4.91. The zero-order chi connectivity index (χ0) is 19.7. The van der Waals surface area contributed by atoms with Crippen molar-refractivity contribution in [3.05, 3.63) is 65.9 Å². The van der Waals surface area contributed by atoms with Crippen LogP contribution in [0.15, 0.2) is 59.0 Å². The van der Waals surface area contributed by atoms with Crippen LogP contribution < -0.4 is 9.64 Å². The molecule has 5 nitrogen and oxygen atoms in total. The van der Waals surface area contributed by atoms with Gasteiger partial charge in [-0.25, -0.2) is 4.98 Å². The number of fused-ring (bicyclic) bond motifs is 2. The summed E-state index contributed by atoms with van der Waals surface area (Å²) in [7, 11) is 1.62. The first-order valence-electron chi connectivity index (χ1n) is 9.42. The molecule has 142 valence electrons. The molecule has 2 heterocycles. The summed E-state index contributed by atoms with van der Waals surface area (Å²) in [6.45, 7) is 4.61. The fraction of sp³-hybridized carbons (Fsp3) is 0.217. The van der Waals surface area contributed by atoms with Crippen LogP contribution in [-0.2, 0) is 6.42 Å². The van der Waals surface area contributed by atoms with E-state index < -0.39 is 0 Å². The molecular formula is C23H22N2O3. The molecule has 0 radical (unpaired) electrons. The molecule has 4 rings (SSSR count). The summed E-state index contributed by atoms with van der Waals surface area (Å²) in [5.41, 5.74) is 3.27. The molecule has 0 aliphatic heterocycles. The van der Waals surface area contributed by atoms with Crippen molar-refractivity contribution < 1.29 is 13.9 Å². The molecule has 0 saturated carbocycles. The van der Waals surface area contributed by atoms with Gasteiger partial charge in [-0.15, -0.1) is 0 Å². The third-order valence-electron chi connectivity index (χ3n) is 4.91. The van der Waals surface area contributed by atoms with Gasteiger partial charge in [0.15, 0.2) is 5.76 Å². The van der Waals surface area contributed by atoms with E-state index in [-0.39, 0.29) is 11.7 Å². The van der Waals surface area contributed by atoms with Gasteiger partial charge in [-0.2, -0.15) is 0 Å². The van der Waals surface area contributed by atoms with Crippen LogP contribution in [0.3, 0.4) is 0 Å². The number of carbonyl (C=O) groups is 1. The first-order chi connectivity index (χ1) is 13.6. The van der Waals surface area contributed by atoms with Crippen molar-refractivity contribution in [1.82, 2.24) is 4.98 Å². The zero-order valence-electron chi connectivity index (χ0n) is 16.2. The minimum absolute atomic E-state index is 0.171. The van der Waals surface area contributed by atoms with Crippen molar-refractivity contribution in [3.63, 3.8) is 0 Å². The highest BCUT2D eigenvalue weighted by Gasteiger charge is 2.21. The maximum atomic E-state index is 13.1. The van der Waals surface area contributed by atoms with Crippen LogP contribution >= 0.6 is 0 Å². The van der Waals surface area contributed by atoms with E-state index in [4.69, 9.17) is 9.15 Å². The van der Waals surface area contributed by atoms with Gasteiger partial charge >= 0.3 is 0 Å². The van der Waals surface area contributed by atoms with E-state index in [1.165, 1.54) is 5.56 Å². The first kappa shape index (κ1) is 18.0. The van der Waals surface area contributed by atoms with Gasteiger partial charge in [-0.1, -0.05) is 19.1 Å². The number of amides is 1. The van der Waals surface area contributed by atoms with Gasteiger partial charge < -0.3 is 14.1 Å². The fourth-order valence-corrected chi connectivity index (χ4v) is 3.36. The van der Waals surface area contributed by atoms with Gasteiger partial charge in [-0.3, -0.25) is 4.79 Å². The average molecular weight is 374 g/mol. The summed E-state index contributed by atoms with van der Waals surface area (Å²) in [6, 6.07) is 17.5. The lowest BCUT2D eigenvalue weighted by molar-refractivity contribution is 0.0963. The van der Waals surface area contributed by atoms with E-state index in [0.29, 0.717) is 12.3 Å². The Morgan fingerprint density at radius 3 is 2.68 bits per heavy atom. The quantitative estimate of drug-likeness (QED) is 0.481. The molecule has 0 atom stereocenters. The minimum atomic E-state index is -0.171. The molecule has 2 aromatic heterocycles. The summed E-state index contributed by atoms with van der Waals surface area (Å²) in [6.07, 6.45) is 0.921. The molecule has 0 unspecified atom stereocenters. The van der Waals surface area contributed by atoms with Crippen molar-refractivity contribution >= 4 is 33.6 Å². The number of ether oxygens (including phenoxy) is 1. The first-order valence-corrected chi connectivity index (χ1v) is 9.42. The number of furan rings is 1. The van der Waals surface area contributed by atoms with E-state index in [2.05, 4.69) is 18.0 Å². The van der Waals surface area contributed by atoms with Crippen LogP contribution in [0.1, 0.15) is 30.0 Å². The van der Waals surface area contributed by atoms with Gasteiger partial charge in [0, 0.05) is 29.1 Å². The highest BCUT2D eigenvalue weighted by molar-refractivity contribution is 6.06. The number of benzene rings is 2. The maximum absolute atomic E-state index is 13.1. The molecule has 0 aliphatic carbocycles. The van der Waals surface area contributed by atoms with Gasteiger partial charge in [0.25, 0.3) is 5.91 Å². The number of hydrogen-bond acceptors (Lipinski definition) is 4. The Balaban J connectivity index is 1.74. The fourth-order valence-electron chi connectivity index (χ4n) is 3.36. The van der Waals surface area contributed by atoms with Crippen LogP contribution in [0, 0.1) is 0 Å². The van der Waals surface area contributed by atoms with Crippen molar-refractivity contribution in [2.24, 2.45) is 0 Å². The van der Waals surface area contributed by atoms with Crippen molar-refractivity contribution in [1.29, 1.82) is 0 Å². The monoisotopic (exact) mass is 374 g/mol. The molecule has 0 N–H and O–H groups in total. The van der Waals surface area contributed by atoms with E-state index in [1.54, 1.807) is 18.1 Å². The number of anilines is 1. The summed E-state index contributed by atoms with van der Waals surface area (Å²) in [4.78, 5) is 19.4. The molecule has 0 fully saturated rings. The van der Waals surface area contributed by atoms with E-state index in [9.17, 15) is 4.79 Å². The lowest BCUT2D eigenvalue weighted by Crippen LogP contribution is -2.30. The van der Waals surface area contributed by atoms with Crippen LogP contribution in [0.2, 0.25) is 0 Å². The van der Waals surface area contributed by atoms with Crippen LogP contribution in [-0.4, -0.2) is 24.5 Å². The largest absolute Gasteiger partial charge is 0.497 e. The van der Waals surface area contributed by atoms with E-state index in [0.717, 1.165) is 34.1 Å². The molecular weight excluding hydrogens is 352 g/mol. The Labute approximate surface area is 163 Å². The molecule has 4 aromatic rings. The average Bonchev–Trinajstić information content (AvgIpc) is 3.15. The maximum Gasteiger partial charge on any atom is 0.294 e. The van der Waals surface area contributed by atoms with Crippen molar-refractivity contribution in [3.8, 4) is 5.75 Å². The summed E-state index contributed by atoms with van der Waals surface area (Å²) >= 11 is 0.